The molecule has 8 heteroatoms. The lowest BCUT2D eigenvalue weighted by Crippen LogP contribution is -2.40. The number of thioether (sulfide) groups is 1. The van der Waals surface area contributed by atoms with Crippen LogP contribution in [-0.4, -0.2) is 34.7 Å². The van der Waals surface area contributed by atoms with Crippen LogP contribution in [0.25, 0.3) is 10.2 Å². The third kappa shape index (κ3) is 3.14. The van der Waals surface area contributed by atoms with E-state index in [1.165, 1.54) is 24.2 Å². The highest BCUT2D eigenvalue weighted by Gasteiger charge is 2.33. The first-order valence-electron chi connectivity index (χ1n) is 8.26. The van der Waals surface area contributed by atoms with Gasteiger partial charge in [-0.05, 0) is 48.7 Å². The lowest BCUT2D eigenvalue weighted by Gasteiger charge is -2.25. The van der Waals surface area contributed by atoms with Gasteiger partial charge >= 0.3 is 0 Å². The summed E-state index contributed by atoms with van der Waals surface area (Å²) in [5.74, 6) is 0.327. The molecule has 4 rings (SSSR count). The van der Waals surface area contributed by atoms with Crippen LogP contribution >= 0.6 is 23.1 Å². The zero-order valence-corrected chi connectivity index (χ0v) is 15.7. The third-order valence-electron chi connectivity index (χ3n) is 4.49. The van der Waals surface area contributed by atoms with Crippen molar-refractivity contribution in [2.45, 2.75) is 23.8 Å². The number of carbonyl (C=O) groups excluding carboxylic acids is 1. The number of rotatable bonds is 4. The van der Waals surface area contributed by atoms with Gasteiger partial charge in [0.1, 0.15) is 28.8 Å². The Morgan fingerprint density at radius 3 is 3.08 bits per heavy atom. The minimum atomic E-state index is -0.325. The van der Waals surface area contributed by atoms with Gasteiger partial charge in [-0.25, -0.2) is 14.4 Å². The van der Waals surface area contributed by atoms with Gasteiger partial charge in [-0.3, -0.25) is 4.79 Å². The number of fused-ring (bicyclic) bond motifs is 1. The molecule has 3 heterocycles. The van der Waals surface area contributed by atoms with Gasteiger partial charge < -0.3 is 10.2 Å². The fourth-order valence-corrected chi connectivity index (χ4v) is 4.45. The Kier molecular flexibility index (Phi) is 4.78. The number of thiophene rings is 1. The van der Waals surface area contributed by atoms with Crippen molar-refractivity contribution in [3.05, 3.63) is 41.8 Å². The predicted molar refractivity (Wildman–Crippen MR) is 105 cm³/mol. The van der Waals surface area contributed by atoms with E-state index in [0.29, 0.717) is 10.6 Å². The van der Waals surface area contributed by atoms with Crippen LogP contribution in [0.15, 0.2) is 40.9 Å². The largest absolute Gasteiger partial charge is 0.344 e. The maximum atomic E-state index is 14.0. The molecule has 26 heavy (non-hydrogen) atoms. The second-order valence-corrected chi connectivity index (χ2v) is 7.77. The zero-order chi connectivity index (χ0) is 18.1. The van der Waals surface area contributed by atoms with Crippen molar-refractivity contribution < 1.29 is 9.18 Å². The Labute approximate surface area is 158 Å². The van der Waals surface area contributed by atoms with Crippen LogP contribution in [0.4, 0.5) is 15.9 Å². The molecular formula is C18H17FN4OS2. The van der Waals surface area contributed by atoms with Crippen molar-refractivity contribution in [3.8, 4) is 0 Å². The average molecular weight is 388 g/mol. The van der Waals surface area contributed by atoms with E-state index in [1.807, 2.05) is 22.6 Å². The van der Waals surface area contributed by atoms with Crippen molar-refractivity contribution in [2.75, 3.05) is 23.0 Å². The SMILES string of the molecule is CSc1ccc(NC(=O)C2CCCN2c2ncnc3sccc23)cc1F. The quantitative estimate of drug-likeness (QED) is 0.680. The molecular weight excluding hydrogens is 371 g/mol. The van der Waals surface area contributed by atoms with E-state index in [-0.39, 0.29) is 17.8 Å². The van der Waals surface area contributed by atoms with Gasteiger partial charge in [0.2, 0.25) is 5.91 Å². The number of nitrogens with one attached hydrogen (secondary N) is 1. The Morgan fingerprint density at radius 2 is 2.27 bits per heavy atom. The van der Waals surface area contributed by atoms with Crippen molar-refractivity contribution >= 4 is 50.7 Å². The van der Waals surface area contributed by atoms with Gasteiger partial charge in [-0.1, -0.05) is 0 Å². The van der Waals surface area contributed by atoms with Crippen molar-refractivity contribution in [2.24, 2.45) is 0 Å². The summed E-state index contributed by atoms with van der Waals surface area (Å²) >= 11 is 2.89. The second-order valence-electron chi connectivity index (χ2n) is 6.03. The molecule has 2 aromatic heterocycles. The highest BCUT2D eigenvalue weighted by atomic mass is 32.2. The van der Waals surface area contributed by atoms with E-state index in [4.69, 9.17) is 0 Å². The molecule has 1 aliphatic heterocycles. The first kappa shape index (κ1) is 17.2. The topological polar surface area (TPSA) is 58.1 Å². The monoisotopic (exact) mass is 388 g/mol. The molecule has 1 unspecified atom stereocenters. The van der Waals surface area contributed by atoms with E-state index < -0.39 is 0 Å². The number of halogens is 1. The Morgan fingerprint density at radius 1 is 1.38 bits per heavy atom. The van der Waals surface area contributed by atoms with E-state index in [2.05, 4.69) is 15.3 Å². The van der Waals surface area contributed by atoms with Crippen LogP contribution in [0.2, 0.25) is 0 Å². The molecule has 0 spiro atoms. The van der Waals surface area contributed by atoms with Crippen LogP contribution < -0.4 is 10.2 Å². The first-order chi connectivity index (χ1) is 12.7. The standard InChI is InChI=1S/C18H17FN4OS2/c1-25-15-5-4-11(9-13(15)19)22-17(24)14-3-2-7-23(14)16-12-6-8-26-18(12)21-10-20-16/h4-6,8-10,14H,2-3,7H2,1H3,(H,22,24). The molecule has 1 fully saturated rings. The number of nitrogens with zero attached hydrogens (tertiary/aromatic N) is 3. The fraction of sp³-hybridized carbons (Fsp3) is 0.278. The summed E-state index contributed by atoms with van der Waals surface area (Å²) < 4.78 is 14.0. The summed E-state index contributed by atoms with van der Waals surface area (Å²) in [5.41, 5.74) is 0.473. The molecule has 1 aliphatic rings. The van der Waals surface area contributed by atoms with Crippen LogP contribution in [0, 0.1) is 5.82 Å². The zero-order valence-electron chi connectivity index (χ0n) is 14.1. The summed E-state index contributed by atoms with van der Waals surface area (Å²) in [6, 6.07) is 6.44. The van der Waals surface area contributed by atoms with Gasteiger partial charge in [0.05, 0.1) is 5.39 Å². The smallest absolute Gasteiger partial charge is 0.247 e. The van der Waals surface area contributed by atoms with Gasteiger partial charge in [0.15, 0.2) is 0 Å². The Bertz CT molecular complexity index is 961. The summed E-state index contributed by atoms with van der Waals surface area (Å²) in [6.45, 7) is 0.764. The molecule has 134 valence electrons. The van der Waals surface area contributed by atoms with Gasteiger partial charge in [-0.15, -0.1) is 23.1 Å². The van der Waals surface area contributed by atoms with E-state index >= 15 is 0 Å². The van der Waals surface area contributed by atoms with Crippen molar-refractivity contribution in [1.82, 2.24) is 9.97 Å². The molecule has 3 aromatic rings. The summed E-state index contributed by atoms with van der Waals surface area (Å²) in [7, 11) is 0. The number of hydrogen-bond acceptors (Lipinski definition) is 6. The summed E-state index contributed by atoms with van der Waals surface area (Å²) in [4.78, 5) is 25.0. The van der Waals surface area contributed by atoms with Gasteiger partial charge in [0, 0.05) is 17.1 Å². The maximum absolute atomic E-state index is 14.0. The Hall–Kier alpha value is -2.19. The molecule has 0 bridgehead atoms. The molecule has 1 atom stereocenters. The van der Waals surface area contributed by atoms with E-state index in [0.717, 1.165) is 35.4 Å². The minimum Gasteiger partial charge on any atom is -0.344 e. The third-order valence-corrected chi connectivity index (χ3v) is 6.08. The number of amides is 1. The number of anilines is 2. The van der Waals surface area contributed by atoms with Gasteiger partial charge in [-0.2, -0.15) is 0 Å². The second kappa shape index (κ2) is 7.20. The predicted octanol–water partition coefficient (Wildman–Crippen LogP) is 4.16. The average Bonchev–Trinajstić information content (AvgIpc) is 3.31. The molecule has 0 radical (unpaired) electrons. The van der Waals surface area contributed by atoms with E-state index in [1.54, 1.807) is 23.5 Å². The van der Waals surface area contributed by atoms with Crippen molar-refractivity contribution in [1.29, 1.82) is 0 Å². The van der Waals surface area contributed by atoms with Gasteiger partial charge in [0.25, 0.3) is 0 Å². The first-order valence-corrected chi connectivity index (χ1v) is 10.4. The highest BCUT2D eigenvalue weighted by Crippen LogP contribution is 2.32. The van der Waals surface area contributed by atoms with Crippen LogP contribution in [0.5, 0.6) is 0 Å². The molecule has 1 amide bonds. The van der Waals surface area contributed by atoms with E-state index in [9.17, 15) is 9.18 Å². The normalized spacial score (nSPS) is 17.0. The maximum Gasteiger partial charge on any atom is 0.247 e. The summed E-state index contributed by atoms with van der Waals surface area (Å²) in [5, 5.41) is 5.79. The number of aromatic nitrogens is 2. The minimum absolute atomic E-state index is 0.138. The van der Waals surface area contributed by atoms with Crippen LogP contribution in [-0.2, 0) is 4.79 Å². The van der Waals surface area contributed by atoms with Crippen LogP contribution in [0.1, 0.15) is 12.8 Å². The molecule has 1 aromatic carbocycles. The molecule has 0 saturated carbocycles. The number of carbonyl (C=O) groups is 1. The summed E-state index contributed by atoms with van der Waals surface area (Å²) in [6.07, 6.45) is 5.01. The van der Waals surface area contributed by atoms with Crippen LogP contribution in [0.3, 0.4) is 0 Å². The molecule has 1 N–H and O–H groups in total. The van der Waals surface area contributed by atoms with Crippen molar-refractivity contribution in [3.63, 3.8) is 0 Å². The Balaban J connectivity index is 1.57. The number of hydrogen-bond donors (Lipinski definition) is 1. The molecule has 5 nitrogen and oxygen atoms in total. The molecule has 1 saturated heterocycles. The molecule has 0 aliphatic carbocycles. The lowest BCUT2D eigenvalue weighted by atomic mass is 10.2. The fourth-order valence-electron chi connectivity index (χ4n) is 3.27. The lowest BCUT2D eigenvalue weighted by molar-refractivity contribution is -0.117. The highest BCUT2D eigenvalue weighted by molar-refractivity contribution is 7.98. The number of benzene rings is 1.